The minimum absolute atomic E-state index is 0.867. The summed E-state index contributed by atoms with van der Waals surface area (Å²) in [6.45, 7) is 7.05. The molecule has 0 fully saturated rings. The van der Waals surface area contributed by atoms with Crippen molar-refractivity contribution >= 4 is 0 Å². The van der Waals surface area contributed by atoms with Crippen LogP contribution in [0.3, 0.4) is 0 Å². The van der Waals surface area contributed by atoms with Gasteiger partial charge < -0.3 is 0 Å². The van der Waals surface area contributed by atoms with Gasteiger partial charge in [-0.05, 0) is 30.2 Å². The molecule has 0 aromatic heterocycles. The molecule has 1 atom stereocenters. The standard InChI is InChI=1S/C17H28/c1-15(2)9-7-10-16(3)11-8-14-17-12-5-4-6-13-17/h4-6,12-13,15-16H,7-11,14H2,1-3H3. The third kappa shape index (κ3) is 7.20. The molecule has 0 radical (unpaired) electrons. The maximum Gasteiger partial charge on any atom is -0.0279 e. The number of aryl methyl sites for hydroxylation is 1. The van der Waals surface area contributed by atoms with E-state index in [0.29, 0.717) is 0 Å². The number of rotatable bonds is 8. The maximum atomic E-state index is 2.41. The molecule has 1 aromatic rings. The lowest BCUT2D eigenvalue weighted by atomic mass is 9.94. The molecule has 0 amide bonds. The fourth-order valence-electron chi connectivity index (χ4n) is 2.32. The van der Waals surface area contributed by atoms with Gasteiger partial charge in [0.05, 0.1) is 0 Å². The zero-order chi connectivity index (χ0) is 12.5. The maximum absolute atomic E-state index is 2.41. The van der Waals surface area contributed by atoms with Gasteiger partial charge >= 0.3 is 0 Å². The van der Waals surface area contributed by atoms with E-state index in [1.807, 2.05) is 0 Å². The van der Waals surface area contributed by atoms with Crippen LogP contribution in [0.2, 0.25) is 0 Å². The molecule has 0 spiro atoms. The smallest absolute Gasteiger partial charge is 0.0279 e. The quantitative estimate of drug-likeness (QED) is 0.557. The summed E-state index contributed by atoms with van der Waals surface area (Å²) in [6, 6.07) is 10.9. The third-order valence-corrected chi connectivity index (χ3v) is 3.48. The van der Waals surface area contributed by atoms with Gasteiger partial charge in [0.2, 0.25) is 0 Å². The predicted octanol–water partition coefficient (Wildman–Crippen LogP) is 5.47. The molecule has 0 nitrogen and oxygen atoms in total. The van der Waals surface area contributed by atoms with Crippen molar-refractivity contribution in [2.45, 2.75) is 59.3 Å². The molecule has 0 saturated carbocycles. The Morgan fingerprint density at radius 3 is 2.12 bits per heavy atom. The summed E-state index contributed by atoms with van der Waals surface area (Å²) in [5.41, 5.74) is 1.49. The van der Waals surface area contributed by atoms with Crippen LogP contribution in [-0.2, 0) is 6.42 Å². The van der Waals surface area contributed by atoms with Crippen molar-refractivity contribution in [1.29, 1.82) is 0 Å². The second kappa shape index (κ2) is 8.33. The SMILES string of the molecule is CC(C)CCCC(C)CCCc1ccccc1. The van der Waals surface area contributed by atoms with Crippen molar-refractivity contribution in [2.75, 3.05) is 0 Å². The van der Waals surface area contributed by atoms with Crippen LogP contribution in [0.1, 0.15) is 58.4 Å². The van der Waals surface area contributed by atoms with Gasteiger partial charge in [0, 0.05) is 0 Å². The second-order valence-electron chi connectivity index (χ2n) is 5.81. The van der Waals surface area contributed by atoms with Gasteiger partial charge in [-0.25, -0.2) is 0 Å². The second-order valence-corrected chi connectivity index (χ2v) is 5.81. The molecule has 0 aliphatic heterocycles. The molecule has 17 heavy (non-hydrogen) atoms. The van der Waals surface area contributed by atoms with Crippen LogP contribution >= 0.6 is 0 Å². The van der Waals surface area contributed by atoms with E-state index in [9.17, 15) is 0 Å². The van der Waals surface area contributed by atoms with Gasteiger partial charge in [0.15, 0.2) is 0 Å². The van der Waals surface area contributed by atoms with Crippen molar-refractivity contribution in [2.24, 2.45) is 11.8 Å². The highest BCUT2D eigenvalue weighted by Gasteiger charge is 2.03. The van der Waals surface area contributed by atoms with E-state index in [1.165, 1.54) is 44.1 Å². The van der Waals surface area contributed by atoms with E-state index in [4.69, 9.17) is 0 Å². The molecule has 0 heteroatoms. The topological polar surface area (TPSA) is 0 Å². The predicted molar refractivity (Wildman–Crippen MR) is 77.2 cm³/mol. The highest BCUT2D eigenvalue weighted by atomic mass is 14.1. The molecule has 0 heterocycles. The molecule has 0 aliphatic carbocycles. The van der Waals surface area contributed by atoms with E-state index in [-0.39, 0.29) is 0 Å². The highest BCUT2D eigenvalue weighted by Crippen LogP contribution is 2.17. The van der Waals surface area contributed by atoms with Crippen molar-refractivity contribution in [3.05, 3.63) is 35.9 Å². The lowest BCUT2D eigenvalue weighted by Gasteiger charge is -2.12. The van der Waals surface area contributed by atoms with Crippen molar-refractivity contribution in [3.63, 3.8) is 0 Å². The first-order chi connectivity index (χ1) is 8.18. The lowest BCUT2D eigenvalue weighted by Crippen LogP contribution is -1.98. The molecule has 0 aliphatic rings. The van der Waals surface area contributed by atoms with Crippen LogP contribution in [0, 0.1) is 11.8 Å². The average molecular weight is 232 g/mol. The van der Waals surface area contributed by atoms with Crippen LogP contribution in [0.5, 0.6) is 0 Å². The Hall–Kier alpha value is -0.780. The van der Waals surface area contributed by atoms with Gasteiger partial charge in [-0.2, -0.15) is 0 Å². The van der Waals surface area contributed by atoms with E-state index in [1.54, 1.807) is 0 Å². The van der Waals surface area contributed by atoms with Crippen LogP contribution in [0.15, 0.2) is 30.3 Å². The van der Waals surface area contributed by atoms with E-state index in [0.717, 1.165) is 11.8 Å². The minimum atomic E-state index is 0.867. The highest BCUT2D eigenvalue weighted by molar-refractivity contribution is 5.14. The van der Waals surface area contributed by atoms with Gasteiger partial charge in [-0.3, -0.25) is 0 Å². The molecule has 1 aromatic carbocycles. The number of hydrogen-bond acceptors (Lipinski definition) is 0. The molecular formula is C17H28. The molecule has 0 bridgehead atoms. The molecule has 0 N–H and O–H groups in total. The Labute approximate surface area is 107 Å². The van der Waals surface area contributed by atoms with Crippen molar-refractivity contribution in [1.82, 2.24) is 0 Å². The summed E-state index contributed by atoms with van der Waals surface area (Å²) in [6.07, 6.45) is 8.18. The summed E-state index contributed by atoms with van der Waals surface area (Å²) in [7, 11) is 0. The zero-order valence-electron chi connectivity index (χ0n) is 11.8. The average Bonchev–Trinajstić information content (AvgIpc) is 2.30. The summed E-state index contributed by atoms with van der Waals surface area (Å²) < 4.78 is 0. The zero-order valence-corrected chi connectivity index (χ0v) is 11.8. The van der Waals surface area contributed by atoms with Gasteiger partial charge in [-0.15, -0.1) is 0 Å². The largest absolute Gasteiger partial charge is 0.0628 e. The number of hydrogen-bond donors (Lipinski definition) is 0. The van der Waals surface area contributed by atoms with Crippen LogP contribution in [0.25, 0.3) is 0 Å². The third-order valence-electron chi connectivity index (χ3n) is 3.48. The molecule has 1 unspecified atom stereocenters. The first-order valence-corrected chi connectivity index (χ1v) is 7.22. The Morgan fingerprint density at radius 2 is 1.47 bits per heavy atom. The monoisotopic (exact) mass is 232 g/mol. The Morgan fingerprint density at radius 1 is 0.824 bits per heavy atom. The van der Waals surface area contributed by atoms with Gasteiger partial charge in [-0.1, -0.05) is 76.8 Å². The fourth-order valence-corrected chi connectivity index (χ4v) is 2.32. The summed E-state index contributed by atoms with van der Waals surface area (Å²) in [5.74, 6) is 1.77. The Balaban J connectivity index is 2.06. The number of benzene rings is 1. The fraction of sp³-hybridized carbons (Fsp3) is 0.647. The lowest BCUT2D eigenvalue weighted by molar-refractivity contribution is 0.427. The molecule has 1 rings (SSSR count). The normalized spacial score (nSPS) is 12.9. The van der Waals surface area contributed by atoms with E-state index in [2.05, 4.69) is 51.1 Å². The first kappa shape index (κ1) is 14.3. The van der Waals surface area contributed by atoms with E-state index < -0.39 is 0 Å². The molecule has 96 valence electrons. The summed E-state index contributed by atoms with van der Waals surface area (Å²) >= 11 is 0. The summed E-state index contributed by atoms with van der Waals surface area (Å²) in [5, 5.41) is 0. The van der Waals surface area contributed by atoms with E-state index >= 15 is 0 Å². The van der Waals surface area contributed by atoms with Crippen LogP contribution in [0.4, 0.5) is 0 Å². The van der Waals surface area contributed by atoms with Crippen LogP contribution < -0.4 is 0 Å². The molecular weight excluding hydrogens is 204 g/mol. The van der Waals surface area contributed by atoms with Crippen molar-refractivity contribution < 1.29 is 0 Å². The van der Waals surface area contributed by atoms with Crippen LogP contribution in [-0.4, -0.2) is 0 Å². The first-order valence-electron chi connectivity index (χ1n) is 7.22. The van der Waals surface area contributed by atoms with Gasteiger partial charge in [0.1, 0.15) is 0 Å². The van der Waals surface area contributed by atoms with Gasteiger partial charge in [0.25, 0.3) is 0 Å². The van der Waals surface area contributed by atoms with Crippen molar-refractivity contribution in [3.8, 4) is 0 Å². The minimum Gasteiger partial charge on any atom is -0.0628 e. The molecule has 0 saturated heterocycles. The Bertz CT molecular complexity index is 273. The Kier molecular flexibility index (Phi) is 7.00. The summed E-state index contributed by atoms with van der Waals surface area (Å²) in [4.78, 5) is 0.